The molecule has 0 N–H and O–H groups in total. The highest BCUT2D eigenvalue weighted by atomic mass is 32.1. The van der Waals surface area contributed by atoms with E-state index in [0.717, 1.165) is 11.1 Å². The van der Waals surface area contributed by atoms with Crippen LogP contribution < -0.4 is 0 Å². The van der Waals surface area contributed by atoms with Gasteiger partial charge in [-0.1, -0.05) is 60.7 Å². The van der Waals surface area contributed by atoms with E-state index in [0.29, 0.717) is 13.0 Å². The topological polar surface area (TPSA) is 55.8 Å². The van der Waals surface area contributed by atoms with E-state index in [1.165, 1.54) is 4.90 Å². The number of amides is 1. The maximum atomic E-state index is 12.4. The van der Waals surface area contributed by atoms with Crippen LogP contribution in [0.5, 0.6) is 0 Å². The van der Waals surface area contributed by atoms with Gasteiger partial charge in [-0.2, -0.15) is 12.6 Å². The van der Waals surface area contributed by atoms with E-state index >= 15 is 0 Å². The maximum absolute atomic E-state index is 12.4. The van der Waals surface area contributed by atoms with Gasteiger partial charge in [-0.05, 0) is 17.5 Å². The maximum Gasteiger partial charge on any atom is 0.410 e. The van der Waals surface area contributed by atoms with Crippen molar-refractivity contribution in [3.63, 3.8) is 0 Å². The molecule has 2 atom stereocenters. The van der Waals surface area contributed by atoms with Crippen molar-refractivity contribution < 1.29 is 19.1 Å². The van der Waals surface area contributed by atoms with Gasteiger partial charge in [0.2, 0.25) is 0 Å². The van der Waals surface area contributed by atoms with Crippen molar-refractivity contribution in [3.05, 3.63) is 71.8 Å². The Morgan fingerprint density at radius 1 is 0.923 bits per heavy atom. The fourth-order valence-corrected chi connectivity index (χ4v) is 3.24. The molecule has 3 rings (SSSR count). The number of hydrogen-bond acceptors (Lipinski definition) is 5. The van der Waals surface area contributed by atoms with Crippen LogP contribution >= 0.6 is 12.6 Å². The summed E-state index contributed by atoms with van der Waals surface area (Å²) in [6.07, 6.45) is -0.0657. The number of carbonyl (C=O) groups excluding carboxylic acids is 2. The summed E-state index contributed by atoms with van der Waals surface area (Å²) in [7, 11) is 0. The van der Waals surface area contributed by atoms with E-state index in [-0.39, 0.29) is 18.5 Å². The first-order valence-corrected chi connectivity index (χ1v) is 9.01. The molecule has 0 spiro atoms. The Bertz CT molecular complexity index is 674. The molecule has 1 saturated heterocycles. The van der Waals surface area contributed by atoms with E-state index in [1.807, 2.05) is 60.7 Å². The molecule has 0 aliphatic carbocycles. The Kier molecular flexibility index (Phi) is 6.17. The van der Waals surface area contributed by atoms with Gasteiger partial charge in [0, 0.05) is 11.8 Å². The molecular weight excluding hydrogens is 350 g/mol. The molecule has 0 unspecified atom stereocenters. The summed E-state index contributed by atoms with van der Waals surface area (Å²) in [6, 6.07) is 18.2. The molecule has 0 bridgehead atoms. The number of rotatable bonds is 5. The fourth-order valence-electron chi connectivity index (χ4n) is 2.87. The smallest absolute Gasteiger partial charge is 0.410 e. The van der Waals surface area contributed by atoms with Crippen molar-refractivity contribution in [1.29, 1.82) is 0 Å². The fraction of sp³-hybridized carbons (Fsp3) is 0.300. The van der Waals surface area contributed by atoms with Gasteiger partial charge in [0.1, 0.15) is 19.3 Å². The third-order valence-electron chi connectivity index (χ3n) is 4.21. The van der Waals surface area contributed by atoms with Crippen LogP contribution in [0.1, 0.15) is 17.5 Å². The van der Waals surface area contributed by atoms with E-state index in [4.69, 9.17) is 9.47 Å². The molecule has 1 fully saturated rings. The van der Waals surface area contributed by atoms with Crippen molar-refractivity contribution in [2.75, 3.05) is 6.54 Å². The average molecular weight is 371 g/mol. The summed E-state index contributed by atoms with van der Waals surface area (Å²) in [6.45, 7) is 0.710. The number of ether oxygens (including phenoxy) is 2. The van der Waals surface area contributed by atoms with Crippen LogP contribution in [0, 0.1) is 0 Å². The largest absolute Gasteiger partial charge is 0.459 e. The first-order valence-electron chi connectivity index (χ1n) is 8.49. The van der Waals surface area contributed by atoms with Gasteiger partial charge in [0.05, 0.1) is 0 Å². The highest BCUT2D eigenvalue weighted by Gasteiger charge is 2.40. The number of hydrogen-bond donors (Lipinski definition) is 1. The van der Waals surface area contributed by atoms with Crippen molar-refractivity contribution in [2.24, 2.45) is 0 Å². The van der Waals surface area contributed by atoms with Crippen LogP contribution in [0.3, 0.4) is 0 Å². The van der Waals surface area contributed by atoms with Crippen molar-refractivity contribution >= 4 is 24.7 Å². The van der Waals surface area contributed by atoms with Crippen LogP contribution in [0.25, 0.3) is 0 Å². The van der Waals surface area contributed by atoms with Gasteiger partial charge in [0.15, 0.2) is 0 Å². The highest BCUT2D eigenvalue weighted by molar-refractivity contribution is 7.81. The molecule has 1 heterocycles. The molecule has 0 aromatic heterocycles. The molecule has 1 amide bonds. The van der Waals surface area contributed by atoms with Gasteiger partial charge >= 0.3 is 12.1 Å². The zero-order valence-corrected chi connectivity index (χ0v) is 15.2. The molecule has 2 aromatic rings. The summed E-state index contributed by atoms with van der Waals surface area (Å²) in [4.78, 5) is 26.3. The van der Waals surface area contributed by atoms with Gasteiger partial charge in [-0.25, -0.2) is 9.59 Å². The quantitative estimate of drug-likeness (QED) is 0.646. The first-order chi connectivity index (χ1) is 12.6. The normalized spacial score (nSPS) is 19.2. The molecule has 0 radical (unpaired) electrons. The molecule has 0 saturated carbocycles. The van der Waals surface area contributed by atoms with Crippen molar-refractivity contribution in [3.8, 4) is 0 Å². The molecule has 5 nitrogen and oxygen atoms in total. The number of likely N-dealkylation sites (tertiary alicyclic amines) is 1. The summed E-state index contributed by atoms with van der Waals surface area (Å²) >= 11 is 4.42. The average Bonchev–Trinajstić information content (AvgIpc) is 3.08. The minimum atomic E-state index is -0.663. The lowest BCUT2D eigenvalue weighted by molar-refractivity contribution is -0.149. The number of nitrogens with zero attached hydrogens (tertiary/aromatic N) is 1. The van der Waals surface area contributed by atoms with E-state index < -0.39 is 18.1 Å². The van der Waals surface area contributed by atoms with E-state index in [9.17, 15) is 9.59 Å². The monoisotopic (exact) mass is 371 g/mol. The third-order valence-corrected chi connectivity index (χ3v) is 4.59. The minimum absolute atomic E-state index is 0.0754. The molecule has 26 heavy (non-hydrogen) atoms. The number of thiol groups is 1. The second-order valence-corrected chi connectivity index (χ2v) is 6.92. The van der Waals surface area contributed by atoms with Crippen LogP contribution in [0.15, 0.2) is 60.7 Å². The van der Waals surface area contributed by atoms with Gasteiger partial charge in [-0.3, -0.25) is 4.90 Å². The Balaban J connectivity index is 1.56. The molecule has 1 aliphatic rings. The summed E-state index contributed by atoms with van der Waals surface area (Å²) in [5.74, 6) is -0.429. The summed E-state index contributed by atoms with van der Waals surface area (Å²) < 4.78 is 10.7. The Labute approximate surface area is 158 Å². The third kappa shape index (κ3) is 4.79. The Morgan fingerprint density at radius 3 is 2.04 bits per heavy atom. The molecule has 1 aliphatic heterocycles. The highest BCUT2D eigenvalue weighted by Crippen LogP contribution is 2.24. The molecule has 6 heteroatoms. The lowest BCUT2D eigenvalue weighted by atomic mass is 10.2. The second-order valence-electron chi connectivity index (χ2n) is 6.19. The number of benzene rings is 2. The van der Waals surface area contributed by atoms with Gasteiger partial charge in [-0.15, -0.1) is 0 Å². The predicted octanol–water partition coefficient (Wildman–Crippen LogP) is 3.44. The van der Waals surface area contributed by atoms with E-state index in [1.54, 1.807) is 0 Å². The SMILES string of the molecule is O=C(OCc1ccccc1)[C@@H]1C[C@H](S)CN1C(=O)OCc1ccccc1. The second kappa shape index (κ2) is 8.76. The Morgan fingerprint density at radius 2 is 1.46 bits per heavy atom. The lowest BCUT2D eigenvalue weighted by Gasteiger charge is -2.22. The zero-order valence-electron chi connectivity index (χ0n) is 14.3. The van der Waals surface area contributed by atoms with E-state index in [2.05, 4.69) is 12.6 Å². The van der Waals surface area contributed by atoms with Crippen LogP contribution in [-0.2, 0) is 27.5 Å². The number of esters is 1. The summed E-state index contributed by atoms with van der Waals surface area (Å²) in [5, 5.41) is -0.0754. The first kappa shape index (κ1) is 18.3. The molecule has 2 aromatic carbocycles. The van der Waals surface area contributed by atoms with Crippen LogP contribution in [-0.4, -0.2) is 34.8 Å². The standard InChI is InChI=1S/C20H21NO4S/c22-19(24-13-15-7-3-1-4-8-15)18-11-17(26)12-21(18)20(23)25-14-16-9-5-2-6-10-16/h1-10,17-18,26H,11-14H2/t17-,18-/m0/s1. The van der Waals surface area contributed by atoms with Crippen LogP contribution in [0.4, 0.5) is 4.79 Å². The predicted molar refractivity (Wildman–Crippen MR) is 101 cm³/mol. The lowest BCUT2D eigenvalue weighted by Crippen LogP contribution is -2.41. The number of carbonyl (C=O) groups is 2. The molecular formula is C20H21NO4S. The van der Waals surface area contributed by atoms with Gasteiger partial charge in [0.25, 0.3) is 0 Å². The van der Waals surface area contributed by atoms with Crippen LogP contribution in [0.2, 0.25) is 0 Å². The Hall–Kier alpha value is -2.47. The van der Waals surface area contributed by atoms with Crippen molar-refractivity contribution in [2.45, 2.75) is 30.9 Å². The molecule has 136 valence electrons. The van der Waals surface area contributed by atoms with Crippen molar-refractivity contribution in [1.82, 2.24) is 4.90 Å². The minimum Gasteiger partial charge on any atom is -0.459 e. The van der Waals surface area contributed by atoms with Gasteiger partial charge < -0.3 is 9.47 Å². The zero-order chi connectivity index (χ0) is 18.4. The summed E-state index contributed by atoms with van der Waals surface area (Å²) in [5.41, 5.74) is 1.80.